The van der Waals surface area contributed by atoms with Crippen molar-refractivity contribution in [3.8, 4) is 11.5 Å². The molecule has 0 aromatic heterocycles. The Hall–Kier alpha value is -1.76. The quantitative estimate of drug-likeness (QED) is 0.856. The molecule has 0 saturated heterocycles. The summed E-state index contributed by atoms with van der Waals surface area (Å²) in [5.74, 6) is 0.675. The van der Waals surface area contributed by atoms with Gasteiger partial charge in [0.05, 0.1) is 20.3 Å². The van der Waals surface area contributed by atoms with Crippen LogP contribution in [0.15, 0.2) is 18.2 Å². The van der Waals surface area contributed by atoms with Gasteiger partial charge >= 0.3 is 0 Å². The van der Waals surface area contributed by atoms with Crippen molar-refractivity contribution in [2.75, 3.05) is 20.5 Å². The largest absolute Gasteiger partial charge is 0.497 e. The van der Waals surface area contributed by atoms with Crippen molar-refractivity contribution < 1.29 is 22.7 Å². The minimum atomic E-state index is -3.43. The molecule has 1 rings (SSSR count). The summed E-state index contributed by atoms with van der Waals surface area (Å²) in [6, 6.07) is 4.81. The molecule has 118 valence electrons. The standard InChI is InChI=1S/C14H21NO5S/c1-9(15-14(16)10(2)21(5,17)18)12-8-11(19-3)6-7-13(12)20-4/h6-10H,1-5H3,(H,15,16). The summed E-state index contributed by atoms with van der Waals surface area (Å²) in [4.78, 5) is 12.0. The molecule has 0 heterocycles. The number of carbonyl (C=O) groups excluding carboxylic acids is 1. The van der Waals surface area contributed by atoms with Crippen LogP contribution in [0.25, 0.3) is 0 Å². The molecular formula is C14H21NO5S. The van der Waals surface area contributed by atoms with Gasteiger partial charge in [-0.15, -0.1) is 0 Å². The number of benzene rings is 1. The molecule has 0 aliphatic carbocycles. The van der Waals surface area contributed by atoms with Crippen molar-refractivity contribution >= 4 is 15.7 Å². The fourth-order valence-corrected chi connectivity index (χ4v) is 2.24. The number of rotatable bonds is 6. The van der Waals surface area contributed by atoms with Crippen molar-refractivity contribution in [1.82, 2.24) is 5.32 Å². The van der Waals surface area contributed by atoms with E-state index >= 15 is 0 Å². The predicted molar refractivity (Wildman–Crippen MR) is 80.4 cm³/mol. The molecule has 7 heteroatoms. The van der Waals surface area contributed by atoms with Gasteiger partial charge in [-0.05, 0) is 32.0 Å². The molecule has 0 spiro atoms. The molecule has 0 aliphatic heterocycles. The third kappa shape index (κ3) is 4.35. The Morgan fingerprint density at radius 3 is 2.29 bits per heavy atom. The summed E-state index contributed by atoms with van der Waals surface area (Å²) >= 11 is 0. The molecule has 6 nitrogen and oxygen atoms in total. The lowest BCUT2D eigenvalue weighted by Crippen LogP contribution is -2.38. The van der Waals surface area contributed by atoms with E-state index < -0.39 is 27.0 Å². The van der Waals surface area contributed by atoms with Crippen molar-refractivity contribution in [1.29, 1.82) is 0 Å². The van der Waals surface area contributed by atoms with E-state index in [1.54, 1.807) is 32.2 Å². The highest BCUT2D eigenvalue weighted by Crippen LogP contribution is 2.29. The zero-order valence-corrected chi connectivity index (χ0v) is 13.7. The van der Waals surface area contributed by atoms with Gasteiger partial charge in [-0.2, -0.15) is 0 Å². The van der Waals surface area contributed by atoms with Crippen LogP contribution in [0.5, 0.6) is 11.5 Å². The van der Waals surface area contributed by atoms with Crippen LogP contribution in [0.2, 0.25) is 0 Å². The number of carbonyl (C=O) groups is 1. The smallest absolute Gasteiger partial charge is 0.238 e. The Kier molecular flexibility index (Phi) is 5.60. The maximum atomic E-state index is 12.0. The summed E-state index contributed by atoms with van der Waals surface area (Å²) in [7, 11) is -0.357. The van der Waals surface area contributed by atoms with Crippen molar-refractivity contribution in [2.45, 2.75) is 25.1 Å². The average Bonchev–Trinajstić information content (AvgIpc) is 2.44. The van der Waals surface area contributed by atoms with Crippen LogP contribution in [0, 0.1) is 0 Å². The fourth-order valence-electron chi connectivity index (χ4n) is 1.78. The molecule has 2 atom stereocenters. The van der Waals surface area contributed by atoms with Crippen molar-refractivity contribution in [2.24, 2.45) is 0 Å². The van der Waals surface area contributed by atoms with Crippen molar-refractivity contribution in [3.05, 3.63) is 23.8 Å². The molecular weight excluding hydrogens is 294 g/mol. The Balaban J connectivity index is 2.98. The lowest BCUT2D eigenvalue weighted by molar-refractivity contribution is -0.121. The van der Waals surface area contributed by atoms with Gasteiger partial charge in [0.1, 0.15) is 16.7 Å². The van der Waals surface area contributed by atoms with E-state index in [1.165, 1.54) is 14.0 Å². The second-order valence-corrected chi connectivity index (χ2v) is 7.18. The first-order valence-corrected chi connectivity index (χ1v) is 8.37. The number of hydrogen-bond donors (Lipinski definition) is 1. The summed E-state index contributed by atoms with van der Waals surface area (Å²) in [5, 5.41) is 1.57. The van der Waals surface area contributed by atoms with Gasteiger partial charge in [-0.25, -0.2) is 8.42 Å². The van der Waals surface area contributed by atoms with Crippen LogP contribution >= 0.6 is 0 Å². The van der Waals surface area contributed by atoms with Gasteiger partial charge < -0.3 is 14.8 Å². The maximum absolute atomic E-state index is 12.0. The monoisotopic (exact) mass is 315 g/mol. The number of hydrogen-bond acceptors (Lipinski definition) is 5. The highest BCUT2D eigenvalue weighted by Gasteiger charge is 2.25. The molecule has 1 aromatic carbocycles. The summed E-state index contributed by atoms with van der Waals surface area (Å²) in [6.45, 7) is 3.12. The van der Waals surface area contributed by atoms with Crippen LogP contribution in [-0.4, -0.2) is 40.1 Å². The first-order chi connectivity index (χ1) is 9.70. The van der Waals surface area contributed by atoms with E-state index in [9.17, 15) is 13.2 Å². The van der Waals surface area contributed by atoms with Gasteiger partial charge in [0.15, 0.2) is 9.84 Å². The fraction of sp³-hybridized carbons (Fsp3) is 0.500. The van der Waals surface area contributed by atoms with Gasteiger partial charge in [-0.1, -0.05) is 0 Å². The Labute approximate surface area is 125 Å². The Bertz CT molecular complexity index is 612. The minimum Gasteiger partial charge on any atom is -0.497 e. The molecule has 0 radical (unpaired) electrons. The number of methoxy groups -OCH3 is 2. The van der Waals surface area contributed by atoms with Gasteiger partial charge in [0.2, 0.25) is 5.91 Å². The lowest BCUT2D eigenvalue weighted by atomic mass is 10.1. The number of amides is 1. The third-order valence-electron chi connectivity index (χ3n) is 3.27. The first kappa shape index (κ1) is 17.3. The molecule has 1 N–H and O–H groups in total. The molecule has 0 saturated carbocycles. The van der Waals surface area contributed by atoms with Crippen LogP contribution in [0.3, 0.4) is 0 Å². The van der Waals surface area contributed by atoms with Gasteiger partial charge in [-0.3, -0.25) is 4.79 Å². The minimum absolute atomic E-state index is 0.410. The van der Waals surface area contributed by atoms with E-state index in [0.29, 0.717) is 17.1 Å². The molecule has 21 heavy (non-hydrogen) atoms. The summed E-state index contributed by atoms with van der Waals surface area (Å²) in [6.07, 6.45) is 1.04. The normalized spacial score (nSPS) is 14.1. The van der Waals surface area contributed by atoms with Crippen LogP contribution in [0.4, 0.5) is 0 Å². The highest BCUT2D eigenvalue weighted by atomic mass is 32.2. The summed E-state index contributed by atoms with van der Waals surface area (Å²) < 4.78 is 33.2. The van der Waals surface area contributed by atoms with E-state index in [1.807, 2.05) is 0 Å². The highest BCUT2D eigenvalue weighted by molar-refractivity contribution is 7.92. The topological polar surface area (TPSA) is 81.7 Å². The zero-order chi connectivity index (χ0) is 16.2. The Morgan fingerprint density at radius 1 is 1.19 bits per heavy atom. The van der Waals surface area contributed by atoms with Gasteiger partial charge in [0.25, 0.3) is 0 Å². The Morgan fingerprint density at radius 2 is 1.81 bits per heavy atom. The van der Waals surface area contributed by atoms with Crippen molar-refractivity contribution in [3.63, 3.8) is 0 Å². The van der Waals surface area contributed by atoms with Crippen LogP contribution in [-0.2, 0) is 14.6 Å². The van der Waals surface area contributed by atoms with E-state index in [-0.39, 0.29) is 0 Å². The maximum Gasteiger partial charge on any atom is 0.238 e. The molecule has 2 unspecified atom stereocenters. The second-order valence-electron chi connectivity index (χ2n) is 4.81. The average molecular weight is 315 g/mol. The molecule has 1 aromatic rings. The molecule has 0 aliphatic rings. The zero-order valence-electron chi connectivity index (χ0n) is 12.8. The second kappa shape index (κ2) is 6.80. The molecule has 1 amide bonds. The van der Waals surface area contributed by atoms with Crippen LogP contribution in [0.1, 0.15) is 25.5 Å². The van der Waals surface area contributed by atoms with Gasteiger partial charge in [0, 0.05) is 11.8 Å². The number of nitrogens with one attached hydrogen (secondary N) is 1. The number of ether oxygens (including phenoxy) is 2. The molecule has 0 fully saturated rings. The molecule has 0 bridgehead atoms. The van der Waals surface area contributed by atoms with Crippen LogP contribution < -0.4 is 14.8 Å². The number of sulfone groups is 1. The van der Waals surface area contributed by atoms with E-state index in [4.69, 9.17) is 9.47 Å². The summed E-state index contributed by atoms with van der Waals surface area (Å²) in [5.41, 5.74) is 0.714. The first-order valence-electron chi connectivity index (χ1n) is 6.41. The van der Waals surface area contributed by atoms with E-state index in [0.717, 1.165) is 6.26 Å². The van der Waals surface area contributed by atoms with E-state index in [2.05, 4.69) is 5.32 Å². The lowest BCUT2D eigenvalue weighted by Gasteiger charge is -2.20. The predicted octanol–water partition coefficient (Wildman–Crippen LogP) is 1.31. The third-order valence-corrected chi connectivity index (χ3v) is 4.77. The SMILES string of the molecule is COc1ccc(OC)c(C(C)NC(=O)C(C)S(C)(=O)=O)c1.